The van der Waals surface area contributed by atoms with Crippen LogP contribution in [0.25, 0.3) is 0 Å². The molecule has 1 N–H and O–H groups in total. The van der Waals surface area contributed by atoms with E-state index < -0.39 is 0 Å². The first-order valence-electron chi connectivity index (χ1n) is 5.77. The van der Waals surface area contributed by atoms with E-state index in [1.807, 2.05) is 19.1 Å². The van der Waals surface area contributed by atoms with Crippen LogP contribution in [-0.4, -0.2) is 17.1 Å². The Hall–Kier alpha value is -1.53. The van der Waals surface area contributed by atoms with E-state index in [1.165, 1.54) is 0 Å². The van der Waals surface area contributed by atoms with E-state index >= 15 is 0 Å². The molecule has 6 heteroatoms. The Balaban J connectivity index is 2.06. The Morgan fingerprint density at radius 1 is 1.25 bits per heavy atom. The van der Waals surface area contributed by atoms with Gasteiger partial charge in [0.25, 0.3) is 5.91 Å². The highest BCUT2D eigenvalue weighted by molar-refractivity contribution is 9.11. The molecule has 4 nitrogen and oxygen atoms in total. The minimum Gasteiger partial charge on any atom is -0.267 e. The number of hydrogen-bond acceptors (Lipinski definition) is 3. The zero-order valence-corrected chi connectivity index (χ0v) is 13.8. The molecule has 0 aliphatic carbocycles. The number of halogens is 2. The van der Waals surface area contributed by atoms with Crippen LogP contribution in [0.15, 0.2) is 50.7 Å². The van der Waals surface area contributed by atoms with Crippen molar-refractivity contribution in [2.45, 2.75) is 6.92 Å². The second kappa shape index (κ2) is 6.76. The molecule has 102 valence electrons. The van der Waals surface area contributed by atoms with Crippen LogP contribution in [0.4, 0.5) is 0 Å². The molecule has 2 rings (SSSR count). The van der Waals surface area contributed by atoms with Gasteiger partial charge in [-0.1, -0.05) is 31.9 Å². The van der Waals surface area contributed by atoms with Crippen molar-refractivity contribution in [1.29, 1.82) is 0 Å². The Bertz CT molecular complexity index is 634. The molecule has 1 aromatic heterocycles. The van der Waals surface area contributed by atoms with Gasteiger partial charge in [-0.2, -0.15) is 5.10 Å². The van der Waals surface area contributed by atoms with Gasteiger partial charge < -0.3 is 0 Å². The van der Waals surface area contributed by atoms with Gasteiger partial charge in [-0.3, -0.25) is 9.78 Å². The lowest BCUT2D eigenvalue weighted by Gasteiger charge is -2.03. The molecule has 0 saturated carbocycles. The van der Waals surface area contributed by atoms with E-state index in [2.05, 4.69) is 47.4 Å². The summed E-state index contributed by atoms with van der Waals surface area (Å²) < 4.78 is 1.96. The van der Waals surface area contributed by atoms with Gasteiger partial charge in [-0.25, -0.2) is 5.43 Å². The molecular weight excluding hydrogens is 386 g/mol. The SMILES string of the molecule is Cc1c(Br)cc(/C=N\NC(=O)c2ccncc2)cc1Br. The molecule has 0 radical (unpaired) electrons. The van der Waals surface area contributed by atoms with Crippen molar-refractivity contribution in [3.05, 3.63) is 62.3 Å². The first-order valence-corrected chi connectivity index (χ1v) is 7.35. The molecule has 0 spiro atoms. The summed E-state index contributed by atoms with van der Waals surface area (Å²) in [5.74, 6) is -0.270. The number of hydrogen-bond donors (Lipinski definition) is 1. The third-order valence-electron chi connectivity index (χ3n) is 2.63. The molecule has 0 aliphatic heterocycles. The van der Waals surface area contributed by atoms with Crippen LogP contribution in [0.5, 0.6) is 0 Å². The molecule has 1 heterocycles. The lowest BCUT2D eigenvalue weighted by molar-refractivity contribution is 0.0955. The van der Waals surface area contributed by atoms with Crippen molar-refractivity contribution in [3.8, 4) is 0 Å². The van der Waals surface area contributed by atoms with Gasteiger partial charge in [0.2, 0.25) is 0 Å². The summed E-state index contributed by atoms with van der Waals surface area (Å²) in [6.07, 6.45) is 4.72. The molecule has 0 aliphatic rings. The third-order valence-corrected chi connectivity index (χ3v) is 4.27. The van der Waals surface area contributed by atoms with E-state index in [0.29, 0.717) is 5.56 Å². The van der Waals surface area contributed by atoms with Gasteiger partial charge in [0.1, 0.15) is 0 Å². The van der Waals surface area contributed by atoms with Gasteiger partial charge in [-0.15, -0.1) is 0 Å². The average molecular weight is 397 g/mol. The van der Waals surface area contributed by atoms with Crippen LogP contribution in [0.1, 0.15) is 21.5 Å². The van der Waals surface area contributed by atoms with Crippen LogP contribution in [0.3, 0.4) is 0 Å². The number of nitrogens with zero attached hydrogens (tertiary/aromatic N) is 2. The molecule has 0 unspecified atom stereocenters. The van der Waals surface area contributed by atoms with Crippen molar-refractivity contribution >= 4 is 44.0 Å². The fourth-order valence-electron chi connectivity index (χ4n) is 1.47. The fraction of sp³-hybridized carbons (Fsp3) is 0.0714. The van der Waals surface area contributed by atoms with Crippen LogP contribution < -0.4 is 5.43 Å². The topological polar surface area (TPSA) is 54.4 Å². The number of aromatic nitrogens is 1. The van der Waals surface area contributed by atoms with Crippen molar-refractivity contribution < 1.29 is 4.79 Å². The largest absolute Gasteiger partial charge is 0.271 e. The Morgan fingerprint density at radius 2 is 1.85 bits per heavy atom. The standard InChI is InChI=1S/C14H11Br2N3O/c1-9-12(15)6-10(7-13(9)16)8-18-19-14(20)11-2-4-17-5-3-11/h2-8H,1H3,(H,19,20)/b18-8-. The number of nitrogens with one attached hydrogen (secondary N) is 1. The van der Waals surface area contributed by atoms with Gasteiger partial charge >= 0.3 is 0 Å². The van der Waals surface area contributed by atoms with E-state index in [-0.39, 0.29) is 5.91 Å². The normalized spacial score (nSPS) is 10.8. The molecule has 1 amide bonds. The maximum absolute atomic E-state index is 11.8. The lowest BCUT2D eigenvalue weighted by Crippen LogP contribution is -2.17. The highest BCUT2D eigenvalue weighted by atomic mass is 79.9. The second-order valence-corrected chi connectivity index (χ2v) is 5.75. The Kier molecular flexibility index (Phi) is 5.03. The predicted molar refractivity (Wildman–Crippen MR) is 85.9 cm³/mol. The van der Waals surface area contributed by atoms with Crippen molar-refractivity contribution in [3.63, 3.8) is 0 Å². The highest BCUT2D eigenvalue weighted by Gasteiger charge is 2.03. The summed E-state index contributed by atoms with van der Waals surface area (Å²) in [7, 11) is 0. The number of amides is 1. The van der Waals surface area contributed by atoms with E-state index in [0.717, 1.165) is 20.1 Å². The van der Waals surface area contributed by atoms with E-state index in [9.17, 15) is 4.79 Å². The van der Waals surface area contributed by atoms with Gasteiger partial charge in [-0.05, 0) is 42.3 Å². The zero-order chi connectivity index (χ0) is 14.5. The monoisotopic (exact) mass is 395 g/mol. The molecule has 2 aromatic rings. The smallest absolute Gasteiger partial charge is 0.267 e. The average Bonchev–Trinajstić information content (AvgIpc) is 2.45. The van der Waals surface area contributed by atoms with Crippen LogP contribution in [-0.2, 0) is 0 Å². The number of rotatable bonds is 3. The maximum atomic E-state index is 11.8. The van der Waals surface area contributed by atoms with Crippen molar-refractivity contribution in [2.24, 2.45) is 5.10 Å². The van der Waals surface area contributed by atoms with Crippen LogP contribution in [0.2, 0.25) is 0 Å². The maximum Gasteiger partial charge on any atom is 0.271 e. The Labute approximate surface area is 133 Å². The Morgan fingerprint density at radius 3 is 2.45 bits per heavy atom. The van der Waals surface area contributed by atoms with Crippen molar-refractivity contribution in [2.75, 3.05) is 0 Å². The number of benzene rings is 1. The van der Waals surface area contributed by atoms with Gasteiger partial charge in [0.05, 0.1) is 6.21 Å². The minimum absolute atomic E-state index is 0.270. The van der Waals surface area contributed by atoms with E-state index in [4.69, 9.17) is 0 Å². The van der Waals surface area contributed by atoms with E-state index in [1.54, 1.807) is 30.7 Å². The predicted octanol–water partition coefficient (Wildman–Crippen LogP) is 3.68. The summed E-state index contributed by atoms with van der Waals surface area (Å²) in [4.78, 5) is 15.6. The summed E-state index contributed by atoms with van der Waals surface area (Å²) in [5.41, 5.74) is 4.98. The number of carbonyl (C=O) groups is 1. The third kappa shape index (κ3) is 3.74. The van der Waals surface area contributed by atoms with Gasteiger partial charge in [0.15, 0.2) is 0 Å². The van der Waals surface area contributed by atoms with Crippen molar-refractivity contribution in [1.82, 2.24) is 10.4 Å². The van der Waals surface area contributed by atoms with Crippen LogP contribution in [0, 0.1) is 6.92 Å². The van der Waals surface area contributed by atoms with Gasteiger partial charge in [0, 0.05) is 26.9 Å². The fourth-order valence-corrected chi connectivity index (χ4v) is 2.69. The zero-order valence-electron chi connectivity index (χ0n) is 10.6. The molecule has 0 saturated heterocycles. The molecule has 0 atom stereocenters. The molecule has 0 fully saturated rings. The summed E-state index contributed by atoms with van der Waals surface area (Å²) in [6.45, 7) is 2.00. The highest BCUT2D eigenvalue weighted by Crippen LogP contribution is 2.25. The molecule has 1 aromatic carbocycles. The summed E-state index contributed by atoms with van der Waals surface area (Å²) in [5, 5.41) is 3.94. The molecular formula is C14H11Br2N3O. The summed E-state index contributed by atoms with van der Waals surface area (Å²) >= 11 is 6.94. The minimum atomic E-state index is -0.270. The first-order chi connectivity index (χ1) is 9.58. The number of hydrazone groups is 1. The molecule has 0 bridgehead atoms. The lowest BCUT2D eigenvalue weighted by atomic mass is 10.2. The quantitative estimate of drug-likeness (QED) is 0.635. The number of carbonyl (C=O) groups excluding carboxylic acids is 1. The molecule has 20 heavy (non-hydrogen) atoms. The second-order valence-electron chi connectivity index (χ2n) is 4.04. The van der Waals surface area contributed by atoms with Crippen LogP contribution >= 0.6 is 31.9 Å². The first kappa shape index (κ1) is 14.9. The number of pyridine rings is 1. The summed E-state index contributed by atoms with van der Waals surface area (Å²) in [6, 6.07) is 7.12.